The molecule has 0 spiro atoms. The number of aryl methyl sites for hydroxylation is 1. The fourth-order valence-corrected chi connectivity index (χ4v) is 1.51. The van der Waals surface area contributed by atoms with E-state index in [-0.39, 0.29) is 5.84 Å². The highest BCUT2D eigenvalue weighted by atomic mass is 127. The van der Waals surface area contributed by atoms with Gasteiger partial charge in [0.25, 0.3) is 0 Å². The zero-order chi connectivity index (χ0) is 8.43. The van der Waals surface area contributed by atoms with E-state index in [9.17, 15) is 0 Å². The van der Waals surface area contributed by atoms with Crippen molar-refractivity contribution in [3.8, 4) is 0 Å². The molecule has 0 heterocycles. The van der Waals surface area contributed by atoms with Crippen LogP contribution in [0.25, 0.3) is 0 Å². The summed E-state index contributed by atoms with van der Waals surface area (Å²) in [6, 6.07) is 5.78. The van der Waals surface area contributed by atoms with Gasteiger partial charge < -0.3 is 5.73 Å². The van der Waals surface area contributed by atoms with Gasteiger partial charge in [0.1, 0.15) is 5.84 Å². The van der Waals surface area contributed by atoms with Gasteiger partial charge in [-0.2, -0.15) is 0 Å². The van der Waals surface area contributed by atoms with E-state index in [1.54, 1.807) is 0 Å². The summed E-state index contributed by atoms with van der Waals surface area (Å²) in [5.41, 5.74) is 7.35. The fourth-order valence-electron chi connectivity index (χ4n) is 0.855. The molecule has 0 amide bonds. The van der Waals surface area contributed by atoms with Crippen LogP contribution in [0.1, 0.15) is 11.1 Å². The molecule has 1 rings (SSSR count). The quantitative estimate of drug-likeness (QED) is 0.452. The Morgan fingerprint density at radius 3 is 2.64 bits per heavy atom. The lowest BCUT2D eigenvalue weighted by Gasteiger charge is -2.03. The Kier molecular flexibility index (Phi) is 2.49. The molecule has 58 valence electrons. The molecule has 1 aromatic rings. The number of nitrogen functional groups attached to an aromatic ring is 1. The average molecular weight is 260 g/mol. The topological polar surface area (TPSA) is 49.9 Å². The Morgan fingerprint density at radius 1 is 1.55 bits per heavy atom. The van der Waals surface area contributed by atoms with E-state index in [1.165, 1.54) is 5.56 Å². The van der Waals surface area contributed by atoms with E-state index in [1.807, 2.05) is 25.1 Å². The van der Waals surface area contributed by atoms with Crippen LogP contribution in [0.4, 0.5) is 0 Å². The van der Waals surface area contributed by atoms with Crippen molar-refractivity contribution < 1.29 is 0 Å². The van der Waals surface area contributed by atoms with Crippen LogP contribution < -0.4 is 5.73 Å². The van der Waals surface area contributed by atoms with E-state index in [0.717, 1.165) is 9.13 Å². The van der Waals surface area contributed by atoms with Crippen LogP contribution in [-0.2, 0) is 0 Å². The van der Waals surface area contributed by atoms with Crippen LogP contribution in [-0.4, -0.2) is 5.84 Å². The standard InChI is InChI=1S/C8H9IN2/c1-5-3-2-4-6(7(5)9)8(10)11/h2-4H,1H3,(H3,10,11). The van der Waals surface area contributed by atoms with Gasteiger partial charge in [0.05, 0.1) is 0 Å². The normalized spacial score (nSPS) is 9.64. The second-order valence-corrected chi connectivity index (χ2v) is 3.43. The minimum absolute atomic E-state index is 0.137. The van der Waals surface area contributed by atoms with Gasteiger partial charge >= 0.3 is 0 Å². The molecule has 0 radical (unpaired) electrons. The molecule has 2 nitrogen and oxygen atoms in total. The molecule has 0 saturated carbocycles. The first-order chi connectivity index (χ1) is 5.13. The van der Waals surface area contributed by atoms with Gasteiger partial charge in [-0.3, -0.25) is 5.41 Å². The number of rotatable bonds is 1. The molecule has 0 aromatic heterocycles. The van der Waals surface area contributed by atoms with Gasteiger partial charge in [0.2, 0.25) is 0 Å². The third-order valence-corrected chi connectivity index (χ3v) is 2.91. The largest absolute Gasteiger partial charge is 0.384 e. The number of hydrogen-bond donors (Lipinski definition) is 2. The lowest BCUT2D eigenvalue weighted by molar-refractivity contribution is 1.36. The molecule has 0 saturated heterocycles. The summed E-state index contributed by atoms with van der Waals surface area (Å²) in [5, 5.41) is 7.25. The van der Waals surface area contributed by atoms with Crippen molar-refractivity contribution in [2.45, 2.75) is 6.92 Å². The van der Waals surface area contributed by atoms with Gasteiger partial charge in [0, 0.05) is 9.13 Å². The molecule has 0 aliphatic carbocycles. The number of nitrogens with one attached hydrogen (secondary N) is 1. The smallest absolute Gasteiger partial charge is 0.123 e. The first kappa shape index (κ1) is 8.52. The molecular weight excluding hydrogens is 251 g/mol. The first-order valence-corrected chi connectivity index (χ1v) is 4.30. The number of hydrogen-bond acceptors (Lipinski definition) is 1. The van der Waals surface area contributed by atoms with Crippen LogP contribution in [0.5, 0.6) is 0 Å². The molecule has 0 unspecified atom stereocenters. The van der Waals surface area contributed by atoms with Crippen LogP contribution in [0.3, 0.4) is 0 Å². The Hall–Kier alpha value is -0.580. The molecule has 1 aromatic carbocycles. The summed E-state index contributed by atoms with van der Waals surface area (Å²) in [6.07, 6.45) is 0. The maximum Gasteiger partial charge on any atom is 0.123 e. The Bertz CT molecular complexity index is 294. The maximum atomic E-state index is 7.25. The molecule has 0 fully saturated rings. The number of amidine groups is 1. The van der Waals surface area contributed by atoms with Crippen molar-refractivity contribution in [1.29, 1.82) is 5.41 Å². The first-order valence-electron chi connectivity index (χ1n) is 3.22. The van der Waals surface area contributed by atoms with Gasteiger partial charge in [-0.05, 0) is 35.1 Å². The van der Waals surface area contributed by atoms with Crippen LogP contribution in [0.15, 0.2) is 18.2 Å². The zero-order valence-corrected chi connectivity index (χ0v) is 8.34. The van der Waals surface area contributed by atoms with Crippen molar-refractivity contribution in [2.24, 2.45) is 5.73 Å². The van der Waals surface area contributed by atoms with E-state index < -0.39 is 0 Å². The van der Waals surface area contributed by atoms with Gasteiger partial charge in [-0.1, -0.05) is 18.2 Å². The average Bonchev–Trinajstić information content (AvgIpc) is 1.94. The molecule has 3 N–H and O–H groups in total. The highest BCUT2D eigenvalue weighted by Crippen LogP contribution is 2.15. The van der Waals surface area contributed by atoms with E-state index in [0.29, 0.717) is 0 Å². The monoisotopic (exact) mass is 260 g/mol. The predicted octanol–water partition coefficient (Wildman–Crippen LogP) is 1.88. The minimum Gasteiger partial charge on any atom is -0.384 e. The maximum absolute atomic E-state index is 7.25. The fraction of sp³-hybridized carbons (Fsp3) is 0.125. The summed E-state index contributed by atoms with van der Waals surface area (Å²) in [7, 11) is 0. The molecule has 11 heavy (non-hydrogen) atoms. The Labute approximate surface area is 79.4 Å². The number of nitrogens with two attached hydrogens (primary N) is 1. The van der Waals surface area contributed by atoms with Gasteiger partial charge in [-0.25, -0.2) is 0 Å². The SMILES string of the molecule is Cc1cccc(C(=N)N)c1I. The van der Waals surface area contributed by atoms with Crippen molar-refractivity contribution in [1.82, 2.24) is 0 Å². The summed E-state index contributed by atoms with van der Waals surface area (Å²) in [4.78, 5) is 0. The summed E-state index contributed by atoms with van der Waals surface area (Å²) >= 11 is 2.20. The highest BCUT2D eigenvalue weighted by molar-refractivity contribution is 14.1. The number of benzene rings is 1. The second-order valence-electron chi connectivity index (χ2n) is 2.35. The van der Waals surface area contributed by atoms with E-state index >= 15 is 0 Å². The van der Waals surface area contributed by atoms with Crippen molar-refractivity contribution in [3.05, 3.63) is 32.9 Å². The van der Waals surface area contributed by atoms with Gasteiger partial charge in [-0.15, -0.1) is 0 Å². The third kappa shape index (κ3) is 1.71. The van der Waals surface area contributed by atoms with Crippen LogP contribution in [0, 0.1) is 15.9 Å². The second kappa shape index (κ2) is 3.21. The highest BCUT2D eigenvalue weighted by Gasteiger charge is 2.02. The molecular formula is C8H9IN2. The van der Waals surface area contributed by atoms with Crippen LogP contribution >= 0.6 is 22.6 Å². The lowest BCUT2D eigenvalue weighted by atomic mass is 10.1. The predicted molar refractivity (Wildman–Crippen MR) is 54.9 cm³/mol. The number of halogens is 1. The van der Waals surface area contributed by atoms with Crippen molar-refractivity contribution in [2.75, 3.05) is 0 Å². The molecule has 3 heteroatoms. The Balaban J connectivity index is 3.27. The molecule has 0 aliphatic rings. The molecule has 0 aliphatic heterocycles. The third-order valence-electron chi connectivity index (χ3n) is 1.48. The zero-order valence-electron chi connectivity index (χ0n) is 6.19. The van der Waals surface area contributed by atoms with Gasteiger partial charge in [0.15, 0.2) is 0 Å². The minimum atomic E-state index is 0.137. The summed E-state index contributed by atoms with van der Waals surface area (Å²) in [6.45, 7) is 2.01. The summed E-state index contributed by atoms with van der Waals surface area (Å²) in [5.74, 6) is 0.137. The van der Waals surface area contributed by atoms with E-state index in [2.05, 4.69) is 22.6 Å². The van der Waals surface area contributed by atoms with Crippen molar-refractivity contribution in [3.63, 3.8) is 0 Å². The van der Waals surface area contributed by atoms with E-state index in [4.69, 9.17) is 11.1 Å². The molecule has 0 atom stereocenters. The van der Waals surface area contributed by atoms with Crippen molar-refractivity contribution >= 4 is 28.4 Å². The summed E-state index contributed by atoms with van der Waals surface area (Å²) < 4.78 is 1.07. The molecule has 0 bridgehead atoms. The Morgan fingerprint density at radius 2 is 2.18 bits per heavy atom. The van der Waals surface area contributed by atoms with Crippen LogP contribution in [0.2, 0.25) is 0 Å². The lowest BCUT2D eigenvalue weighted by Crippen LogP contribution is -2.13.